The van der Waals surface area contributed by atoms with Gasteiger partial charge in [-0.1, -0.05) is 26.0 Å². The predicted octanol–water partition coefficient (Wildman–Crippen LogP) is 2.29. The van der Waals surface area contributed by atoms with E-state index in [1.165, 1.54) is 6.42 Å². The molecular weight excluding hydrogens is 288 g/mol. The van der Waals surface area contributed by atoms with Crippen LogP contribution in [0.4, 0.5) is 0 Å². The maximum absolute atomic E-state index is 12.0. The van der Waals surface area contributed by atoms with Crippen LogP contribution in [0.25, 0.3) is 0 Å². The Balaban J connectivity index is 1.83. The van der Waals surface area contributed by atoms with E-state index in [0.29, 0.717) is 18.2 Å². The van der Waals surface area contributed by atoms with Crippen molar-refractivity contribution in [1.29, 1.82) is 0 Å². The molecule has 23 heavy (non-hydrogen) atoms. The van der Waals surface area contributed by atoms with E-state index in [0.717, 1.165) is 23.9 Å². The molecule has 1 aromatic carbocycles. The number of rotatable bonds is 6. The van der Waals surface area contributed by atoms with Gasteiger partial charge in [0, 0.05) is 31.2 Å². The fourth-order valence-corrected chi connectivity index (χ4v) is 2.26. The Hall–Kier alpha value is -2.04. The normalized spacial score (nSPS) is 21.5. The molecular formula is C18H28N4O. The fraction of sp³-hybridized carbons (Fsp3) is 0.556. The summed E-state index contributed by atoms with van der Waals surface area (Å²) >= 11 is 0. The first-order valence-electron chi connectivity index (χ1n) is 8.40. The fourth-order valence-electron chi connectivity index (χ4n) is 2.26. The summed E-state index contributed by atoms with van der Waals surface area (Å²) in [4.78, 5) is 16.3. The van der Waals surface area contributed by atoms with Gasteiger partial charge in [0.2, 0.25) is 0 Å². The first-order chi connectivity index (χ1) is 11.0. The zero-order chi connectivity index (χ0) is 16.8. The molecule has 0 bridgehead atoms. The van der Waals surface area contributed by atoms with Gasteiger partial charge in [0.05, 0.1) is 0 Å². The monoisotopic (exact) mass is 316 g/mol. The summed E-state index contributed by atoms with van der Waals surface area (Å²) in [6.07, 6.45) is 2.14. The summed E-state index contributed by atoms with van der Waals surface area (Å²) < 4.78 is 0. The van der Waals surface area contributed by atoms with Crippen LogP contribution < -0.4 is 16.0 Å². The minimum absolute atomic E-state index is 0.0148. The van der Waals surface area contributed by atoms with Crippen LogP contribution in [0.2, 0.25) is 0 Å². The van der Waals surface area contributed by atoms with E-state index in [1.54, 1.807) is 7.05 Å². The third kappa shape index (κ3) is 5.27. The minimum atomic E-state index is -0.0148. The van der Waals surface area contributed by atoms with Gasteiger partial charge in [0.1, 0.15) is 0 Å². The summed E-state index contributed by atoms with van der Waals surface area (Å²) in [7, 11) is 1.78. The van der Waals surface area contributed by atoms with E-state index in [4.69, 9.17) is 0 Å². The smallest absolute Gasteiger partial charge is 0.251 e. The molecule has 3 unspecified atom stereocenters. The summed E-state index contributed by atoms with van der Waals surface area (Å²) in [5.41, 5.74) is 1.82. The molecule has 126 valence electrons. The first kappa shape index (κ1) is 17.3. The SMILES string of the molecule is CCC(C)NC(=O)c1ccc(CNC(=NC)NC2CC2C)cc1. The molecule has 2 rings (SSSR count). The van der Waals surface area contributed by atoms with Crippen molar-refractivity contribution in [2.24, 2.45) is 10.9 Å². The van der Waals surface area contributed by atoms with Gasteiger partial charge < -0.3 is 16.0 Å². The van der Waals surface area contributed by atoms with Gasteiger partial charge in [-0.2, -0.15) is 0 Å². The number of hydrogen-bond acceptors (Lipinski definition) is 2. The third-order valence-corrected chi connectivity index (χ3v) is 4.32. The molecule has 0 heterocycles. The van der Waals surface area contributed by atoms with Crippen LogP contribution in [0.15, 0.2) is 29.3 Å². The molecule has 1 fully saturated rings. The van der Waals surface area contributed by atoms with E-state index in [2.05, 4.69) is 34.8 Å². The number of guanidine groups is 1. The second-order valence-corrected chi connectivity index (χ2v) is 6.37. The molecule has 3 N–H and O–H groups in total. The number of benzene rings is 1. The summed E-state index contributed by atoms with van der Waals surface area (Å²) in [6, 6.07) is 8.44. The van der Waals surface area contributed by atoms with Gasteiger partial charge in [0.25, 0.3) is 5.91 Å². The number of amides is 1. The van der Waals surface area contributed by atoms with E-state index in [9.17, 15) is 4.79 Å². The third-order valence-electron chi connectivity index (χ3n) is 4.32. The van der Waals surface area contributed by atoms with Crippen molar-refractivity contribution < 1.29 is 4.79 Å². The van der Waals surface area contributed by atoms with E-state index in [1.807, 2.05) is 31.2 Å². The summed E-state index contributed by atoms with van der Waals surface area (Å²) in [5, 5.41) is 9.67. The van der Waals surface area contributed by atoms with Crippen LogP contribution >= 0.6 is 0 Å². The van der Waals surface area contributed by atoms with Crippen molar-refractivity contribution in [2.75, 3.05) is 7.05 Å². The lowest BCUT2D eigenvalue weighted by Gasteiger charge is -2.13. The predicted molar refractivity (Wildman–Crippen MR) is 94.6 cm³/mol. The molecule has 1 saturated carbocycles. The highest BCUT2D eigenvalue weighted by atomic mass is 16.1. The highest BCUT2D eigenvalue weighted by Crippen LogP contribution is 2.28. The maximum Gasteiger partial charge on any atom is 0.251 e. The highest BCUT2D eigenvalue weighted by Gasteiger charge is 2.33. The molecule has 1 aliphatic carbocycles. The van der Waals surface area contributed by atoms with Gasteiger partial charge >= 0.3 is 0 Å². The van der Waals surface area contributed by atoms with Crippen molar-refractivity contribution in [3.63, 3.8) is 0 Å². The molecule has 0 saturated heterocycles. The largest absolute Gasteiger partial charge is 0.353 e. The standard InChI is InChI=1S/C18H28N4O/c1-5-13(3)21-17(23)15-8-6-14(7-9-15)11-20-18(19-4)22-16-10-12(16)2/h6-9,12-13,16H,5,10-11H2,1-4H3,(H,21,23)(H2,19,20,22). The number of carbonyl (C=O) groups is 1. The van der Waals surface area contributed by atoms with Crippen LogP contribution in [-0.4, -0.2) is 31.0 Å². The second kappa shape index (κ2) is 7.99. The highest BCUT2D eigenvalue weighted by molar-refractivity contribution is 5.94. The zero-order valence-corrected chi connectivity index (χ0v) is 14.5. The van der Waals surface area contributed by atoms with Crippen LogP contribution in [0.5, 0.6) is 0 Å². The van der Waals surface area contributed by atoms with E-state index >= 15 is 0 Å². The van der Waals surface area contributed by atoms with Crippen molar-refractivity contribution in [2.45, 2.75) is 52.2 Å². The minimum Gasteiger partial charge on any atom is -0.353 e. The average Bonchev–Trinajstić information content (AvgIpc) is 3.26. The van der Waals surface area contributed by atoms with E-state index in [-0.39, 0.29) is 11.9 Å². The van der Waals surface area contributed by atoms with Gasteiger partial charge in [-0.05, 0) is 43.4 Å². The molecule has 0 aromatic heterocycles. The van der Waals surface area contributed by atoms with Crippen molar-refractivity contribution in [3.05, 3.63) is 35.4 Å². The Bertz CT molecular complexity index is 553. The number of hydrogen-bond donors (Lipinski definition) is 3. The van der Waals surface area contributed by atoms with Crippen molar-refractivity contribution in [1.82, 2.24) is 16.0 Å². The zero-order valence-electron chi connectivity index (χ0n) is 14.5. The van der Waals surface area contributed by atoms with Crippen LogP contribution in [0.3, 0.4) is 0 Å². The number of nitrogens with one attached hydrogen (secondary N) is 3. The Morgan fingerprint density at radius 1 is 1.35 bits per heavy atom. The summed E-state index contributed by atoms with van der Waals surface area (Å²) in [6.45, 7) is 6.99. The van der Waals surface area contributed by atoms with Crippen LogP contribution in [-0.2, 0) is 6.54 Å². The molecule has 5 heteroatoms. The van der Waals surface area contributed by atoms with Gasteiger partial charge in [0.15, 0.2) is 5.96 Å². The average molecular weight is 316 g/mol. The van der Waals surface area contributed by atoms with Gasteiger partial charge in [-0.15, -0.1) is 0 Å². The summed E-state index contributed by atoms with van der Waals surface area (Å²) in [5.74, 6) is 1.55. The van der Waals surface area contributed by atoms with Gasteiger partial charge in [-0.3, -0.25) is 9.79 Å². The molecule has 0 spiro atoms. The molecule has 5 nitrogen and oxygen atoms in total. The van der Waals surface area contributed by atoms with Crippen LogP contribution in [0, 0.1) is 5.92 Å². The van der Waals surface area contributed by atoms with Crippen molar-refractivity contribution >= 4 is 11.9 Å². The van der Waals surface area contributed by atoms with Crippen LogP contribution in [0.1, 0.15) is 49.5 Å². The molecule has 0 aliphatic heterocycles. The number of aliphatic imine (C=N–C) groups is 1. The molecule has 1 amide bonds. The second-order valence-electron chi connectivity index (χ2n) is 6.37. The number of nitrogens with zero attached hydrogens (tertiary/aromatic N) is 1. The molecule has 3 atom stereocenters. The quantitative estimate of drug-likeness (QED) is 0.557. The number of carbonyl (C=O) groups excluding carboxylic acids is 1. The maximum atomic E-state index is 12.0. The lowest BCUT2D eigenvalue weighted by atomic mass is 10.1. The lowest BCUT2D eigenvalue weighted by Crippen LogP contribution is -2.38. The van der Waals surface area contributed by atoms with Crippen molar-refractivity contribution in [3.8, 4) is 0 Å². The Morgan fingerprint density at radius 3 is 2.52 bits per heavy atom. The topological polar surface area (TPSA) is 65.5 Å². The molecule has 1 aliphatic rings. The molecule has 1 aromatic rings. The molecule has 0 radical (unpaired) electrons. The van der Waals surface area contributed by atoms with E-state index < -0.39 is 0 Å². The Morgan fingerprint density at radius 2 is 2.00 bits per heavy atom. The first-order valence-corrected chi connectivity index (χ1v) is 8.40. The Labute approximate surface area is 139 Å². The Kier molecular flexibility index (Phi) is 6.02. The van der Waals surface area contributed by atoms with Gasteiger partial charge in [-0.25, -0.2) is 0 Å². The lowest BCUT2D eigenvalue weighted by molar-refractivity contribution is 0.0939.